The van der Waals surface area contributed by atoms with Crippen molar-refractivity contribution < 1.29 is 32.7 Å². The molecule has 0 aromatic heterocycles. The van der Waals surface area contributed by atoms with Crippen molar-refractivity contribution in [3.8, 4) is 0 Å². The summed E-state index contributed by atoms with van der Waals surface area (Å²) in [6, 6.07) is 16.2. The van der Waals surface area contributed by atoms with Crippen LogP contribution in [0.15, 0.2) is 71.6 Å². The molecule has 0 radical (unpaired) electrons. The maximum atomic E-state index is 12.8. The highest BCUT2D eigenvalue weighted by atomic mass is 32.2. The predicted molar refractivity (Wildman–Crippen MR) is 208 cm³/mol. The standard InChI is InChI=1S/C41H55N3O7S/c1-3-4-5-6-7-8-9-10-11-12-13-14-15-16-17-18-39(46)43-37-29-34(25-28-36(37)41(48)49)42-40(47)30-38(45)32-21-23-33(24-22-32)44-52(50,51)35-26-19-31(2)20-27-35/h19-29,44H,3-18,30H2,1-2H3,(H,42,47)(H,43,46)(H,48,49). The molecule has 52 heavy (non-hydrogen) atoms. The molecule has 10 nitrogen and oxygen atoms in total. The summed E-state index contributed by atoms with van der Waals surface area (Å²) in [6.07, 6.45) is 18.1. The van der Waals surface area contributed by atoms with Gasteiger partial charge < -0.3 is 15.7 Å². The Hall–Kier alpha value is -4.51. The molecule has 0 saturated heterocycles. The molecule has 282 valence electrons. The van der Waals surface area contributed by atoms with Gasteiger partial charge in [-0.05, 0) is 67.9 Å². The van der Waals surface area contributed by atoms with Crippen molar-refractivity contribution in [3.63, 3.8) is 0 Å². The summed E-state index contributed by atoms with van der Waals surface area (Å²) in [6.45, 7) is 4.10. The normalized spacial score (nSPS) is 11.2. The van der Waals surface area contributed by atoms with Gasteiger partial charge >= 0.3 is 5.97 Å². The molecule has 3 aromatic rings. The Morgan fingerprint density at radius 1 is 0.615 bits per heavy atom. The average Bonchev–Trinajstić information content (AvgIpc) is 3.10. The molecule has 0 fully saturated rings. The lowest BCUT2D eigenvalue weighted by molar-refractivity contribution is -0.116. The summed E-state index contributed by atoms with van der Waals surface area (Å²) in [5, 5.41) is 14.9. The van der Waals surface area contributed by atoms with Crippen LogP contribution in [0, 0.1) is 6.92 Å². The van der Waals surface area contributed by atoms with Gasteiger partial charge in [0.15, 0.2) is 5.78 Å². The number of hydrogen-bond acceptors (Lipinski definition) is 6. The Bertz CT molecular complexity index is 1710. The molecule has 0 aliphatic carbocycles. The van der Waals surface area contributed by atoms with Gasteiger partial charge in [-0.15, -0.1) is 0 Å². The molecule has 0 unspecified atom stereocenters. The van der Waals surface area contributed by atoms with E-state index in [0.29, 0.717) is 6.42 Å². The van der Waals surface area contributed by atoms with E-state index in [1.54, 1.807) is 12.1 Å². The van der Waals surface area contributed by atoms with Crippen LogP contribution in [-0.4, -0.2) is 37.1 Å². The average molecular weight is 734 g/mol. The number of benzene rings is 3. The number of rotatable bonds is 25. The number of Topliss-reactive ketones (excluding diaryl/α,β-unsaturated/α-hetero) is 1. The molecular weight excluding hydrogens is 679 g/mol. The fourth-order valence-electron chi connectivity index (χ4n) is 5.89. The van der Waals surface area contributed by atoms with Crippen molar-refractivity contribution in [2.45, 2.75) is 128 Å². The quantitative estimate of drug-likeness (QED) is 0.0383. The lowest BCUT2D eigenvalue weighted by atomic mass is 10.0. The van der Waals surface area contributed by atoms with Crippen LogP contribution in [-0.2, 0) is 19.6 Å². The third-order valence-corrected chi connectivity index (χ3v) is 10.3. The zero-order valence-corrected chi connectivity index (χ0v) is 31.5. The summed E-state index contributed by atoms with van der Waals surface area (Å²) < 4.78 is 27.8. The summed E-state index contributed by atoms with van der Waals surface area (Å²) in [7, 11) is -3.81. The van der Waals surface area contributed by atoms with Crippen molar-refractivity contribution in [2.24, 2.45) is 0 Å². The van der Waals surface area contributed by atoms with Crippen LogP contribution in [0.3, 0.4) is 0 Å². The zero-order valence-electron chi connectivity index (χ0n) is 30.7. The van der Waals surface area contributed by atoms with Crippen LogP contribution in [0.5, 0.6) is 0 Å². The van der Waals surface area contributed by atoms with Crippen molar-refractivity contribution >= 4 is 50.7 Å². The summed E-state index contributed by atoms with van der Waals surface area (Å²) in [4.78, 5) is 50.1. The van der Waals surface area contributed by atoms with Crippen molar-refractivity contribution in [1.29, 1.82) is 0 Å². The van der Waals surface area contributed by atoms with E-state index in [9.17, 15) is 32.7 Å². The maximum Gasteiger partial charge on any atom is 0.337 e. The van der Waals surface area contributed by atoms with Gasteiger partial charge in [-0.1, -0.05) is 115 Å². The minimum absolute atomic E-state index is 0.0614. The molecule has 4 N–H and O–H groups in total. The van der Waals surface area contributed by atoms with Gasteiger partial charge in [0.05, 0.1) is 22.6 Å². The second-order valence-corrected chi connectivity index (χ2v) is 15.1. The van der Waals surface area contributed by atoms with Gasteiger partial charge in [-0.25, -0.2) is 13.2 Å². The number of aromatic carboxylic acids is 1. The third kappa shape index (κ3) is 15.4. The number of aryl methyl sites for hydroxylation is 1. The monoisotopic (exact) mass is 733 g/mol. The van der Waals surface area contributed by atoms with Crippen LogP contribution in [0.4, 0.5) is 17.1 Å². The Morgan fingerprint density at radius 2 is 1.13 bits per heavy atom. The second kappa shape index (κ2) is 22.4. The van der Waals surface area contributed by atoms with Gasteiger partial charge in [0.1, 0.15) is 0 Å². The smallest absolute Gasteiger partial charge is 0.337 e. The van der Waals surface area contributed by atoms with Crippen molar-refractivity contribution in [2.75, 3.05) is 15.4 Å². The van der Waals surface area contributed by atoms with Crippen molar-refractivity contribution in [1.82, 2.24) is 0 Å². The first-order chi connectivity index (χ1) is 25.0. The molecular formula is C41H55N3O7S. The fourth-order valence-corrected chi connectivity index (χ4v) is 6.95. The number of carboxylic acids is 1. The molecule has 0 spiro atoms. The molecule has 11 heteroatoms. The SMILES string of the molecule is CCCCCCCCCCCCCCCCCC(=O)Nc1cc(NC(=O)CC(=O)c2ccc(NS(=O)(=O)c3ccc(C)cc3)cc2)ccc1C(=O)O. The highest BCUT2D eigenvalue weighted by molar-refractivity contribution is 7.92. The van der Waals surface area contributed by atoms with Crippen LogP contribution in [0.2, 0.25) is 0 Å². The first-order valence-corrected chi connectivity index (χ1v) is 20.2. The van der Waals surface area contributed by atoms with Crippen LogP contribution < -0.4 is 15.4 Å². The number of carbonyl (C=O) groups excluding carboxylic acids is 3. The summed E-state index contributed by atoms with van der Waals surface area (Å²) in [5.41, 5.74) is 1.57. The van der Waals surface area contributed by atoms with Crippen LogP contribution >= 0.6 is 0 Å². The van der Waals surface area contributed by atoms with Gasteiger partial charge in [-0.2, -0.15) is 0 Å². The zero-order chi connectivity index (χ0) is 37.8. The molecule has 0 heterocycles. The van der Waals surface area contributed by atoms with Gasteiger partial charge in [0.2, 0.25) is 11.8 Å². The number of amides is 2. The molecule has 0 saturated carbocycles. The summed E-state index contributed by atoms with van der Waals surface area (Å²) in [5.74, 6) is -2.66. The highest BCUT2D eigenvalue weighted by Gasteiger charge is 2.18. The van der Waals surface area contributed by atoms with Gasteiger partial charge in [-0.3, -0.25) is 19.1 Å². The number of sulfonamides is 1. The predicted octanol–water partition coefficient (Wildman–Crippen LogP) is 9.91. The van der Waals surface area contributed by atoms with Crippen LogP contribution in [0.25, 0.3) is 0 Å². The number of carboxylic acid groups (broad SMARTS) is 1. The first kappa shape index (κ1) is 41.9. The number of ketones is 1. The third-order valence-electron chi connectivity index (χ3n) is 8.93. The fraction of sp³-hybridized carbons (Fsp3) is 0.463. The van der Waals surface area contributed by atoms with E-state index in [1.165, 1.54) is 125 Å². The van der Waals surface area contributed by atoms with Gasteiger partial charge in [0.25, 0.3) is 10.0 Å². The molecule has 2 amide bonds. The van der Waals surface area contributed by atoms with Crippen molar-refractivity contribution in [3.05, 3.63) is 83.4 Å². The van der Waals surface area contributed by atoms with E-state index in [4.69, 9.17) is 0 Å². The van der Waals surface area contributed by atoms with E-state index in [1.807, 2.05) is 6.92 Å². The Balaban J connectivity index is 1.39. The van der Waals surface area contributed by atoms with E-state index in [0.717, 1.165) is 24.8 Å². The minimum Gasteiger partial charge on any atom is -0.478 e. The Labute approximate surface area is 309 Å². The van der Waals surface area contributed by atoms with Gasteiger partial charge in [0, 0.05) is 23.4 Å². The number of carbonyl (C=O) groups is 4. The lowest BCUT2D eigenvalue weighted by Gasteiger charge is -2.12. The number of hydrogen-bond donors (Lipinski definition) is 4. The van der Waals surface area contributed by atoms with Crippen LogP contribution in [0.1, 0.15) is 142 Å². The number of nitrogens with one attached hydrogen (secondary N) is 3. The van der Waals surface area contributed by atoms with E-state index < -0.39 is 34.1 Å². The topological polar surface area (TPSA) is 159 Å². The molecule has 3 aromatic carbocycles. The molecule has 0 aliphatic heterocycles. The molecule has 3 rings (SSSR count). The van der Waals surface area contributed by atoms with E-state index in [-0.39, 0.29) is 45.4 Å². The Kier molecular flexibility index (Phi) is 18.1. The summed E-state index contributed by atoms with van der Waals surface area (Å²) >= 11 is 0. The maximum absolute atomic E-state index is 12.8. The second-order valence-electron chi connectivity index (χ2n) is 13.5. The van der Waals surface area contributed by atoms with E-state index >= 15 is 0 Å². The minimum atomic E-state index is -3.81. The lowest BCUT2D eigenvalue weighted by Crippen LogP contribution is -2.18. The first-order valence-electron chi connectivity index (χ1n) is 18.7. The molecule has 0 atom stereocenters. The Morgan fingerprint density at radius 3 is 1.67 bits per heavy atom. The van der Waals surface area contributed by atoms with E-state index in [2.05, 4.69) is 22.3 Å². The highest BCUT2D eigenvalue weighted by Crippen LogP contribution is 2.23. The molecule has 0 aliphatic rings. The largest absolute Gasteiger partial charge is 0.478 e. The number of unbranched alkanes of at least 4 members (excludes halogenated alkanes) is 14. The molecule has 0 bridgehead atoms. The number of anilines is 3.